The van der Waals surface area contributed by atoms with Gasteiger partial charge in [0.2, 0.25) is 0 Å². The minimum Gasteiger partial charge on any atom is -0.492 e. The van der Waals surface area contributed by atoms with Crippen molar-refractivity contribution in [1.82, 2.24) is 5.32 Å². The Balaban J connectivity index is 2.47. The number of hydrogen-bond acceptors (Lipinski definition) is 5. The minimum atomic E-state index is -0.253. The Morgan fingerprint density at radius 2 is 2.05 bits per heavy atom. The maximum absolute atomic E-state index is 12.3. The maximum Gasteiger partial charge on any atom is 0.179 e. The van der Waals surface area contributed by atoms with Gasteiger partial charge in [-0.05, 0) is 58.9 Å². The smallest absolute Gasteiger partial charge is 0.179 e. The molecule has 0 radical (unpaired) electrons. The lowest BCUT2D eigenvalue weighted by Crippen LogP contribution is -2.35. The second-order valence-corrected chi connectivity index (χ2v) is 5.50. The molecule has 0 bridgehead atoms. The Bertz CT molecular complexity index is 475. The average Bonchev–Trinajstić information content (AvgIpc) is 2.48. The molecule has 0 saturated heterocycles. The Hall–Kier alpha value is -1.59. The second-order valence-electron chi connectivity index (χ2n) is 5.50. The highest BCUT2D eigenvalue weighted by molar-refractivity contribution is 6.00. The van der Waals surface area contributed by atoms with Gasteiger partial charge in [-0.3, -0.25) is 4.79 Å². The third-order valence-electron chi connectivity index (χ3n) is 3.21. The number of benzene rings is 1. The van der Waals surface area contributed by atoms with Crippen LogP contribution < -0.4 is 15.8 Å². The number of Topliss-reactive ketones (excluding diaryl/α,β-unsaturated/α-hetero) is 1. The summed E-state index contributed by atoms with van der Waals surface area (Å²) in [6.45, 7) is 9.76. The molecule has 0 fully saturated rings. The van der Waals surface area contributed by atoms with E-state index in [2.05, 4.69) is 5.32 Å². The monoisotopic (exact) mass is 308 g/mol. The number of ether oxygens (including phenoxy) is 2. The molecule has 0 spiro atoms. The summed E-state index contributed by atoms with van der Waals surface area (Å²) in [5.41, 5.74) is 6.99. The van der Waals surface area contributed by atoms with E-state index >= 15 is 0 Å². The fourth-order valence-corrected chi connectivity index (χ4v) is 2.04. The number of carbonyl (C=O) groups is 1. The van der Waals surface area contributed by atoms with E-state index in [0.717, 1.165) is 13.0 Å². The number of carbonyl (C=O) groups excluding carboxylic acids is 1. The van der Waals surface area contributed by atoms with E-state index in [0.29, 0.717) is 30.2 Å². The van der Waals surface area contributed by atoms with Crippen LogP contribution in [-0.2, 0) is 4.74 Å². The molecule has 3 N–H and O–H groups in total. The fraction of sp³-hybridized carbons (Fsp3) is 0.588. The van der Waals surface area contributed by atoms with Crippen molar-refractivity contribution >= 4 is 11.5 Å². The van der Waals surface area contributed by atoms with E-state index in [1.807, 2.05) is 27.7 Å². The number of ketones is 1. The summed E-state index contributed by atoms with van der Waals surface area (Å²) < 4.78 is 10.8. The molecule has 0 heterocycles. The molecule has 0 aliphatic carbocycles. The first-order chi connectivity index (χ1) is 10.5. The molecule has 5 nitrogen and oxygen atoms in total. The lowest BCUT2D eigenvalue weighted by molar-refractivity contribution is 0.0760. The van der Waals surface area contributed by atoms with Gasteiger partial charge < -0.3 is 20.5 Å². The molecule has 1 atom stereocenters. The molecular formula is C17H28N2O3. The highest BCUT2D eigenvalue weighted by atomic mass is 16.5. The molecule has 22 heavy (non-hydrogen) atoms. The van der Waals surface area contributed by atoms with Gasteiger partial charge in [0.05, 0.1) is 24.4 Å². The number of nitrogen functional groups attached to an aromatic ring is 1. The van der Waals surface area contributed by atoms with E-state index in [1.165, 1.54) is 0 Å². The summed E-state index contributed by atoms with van der Waals surface area (Å²) >= 11 is 0. The predicted octanol–water partition coefficient (Wildman–Crippen LogP) is 2.64. The fourth-order valence-electron chi connectivity index (χ4n) is 2.04. The molecule has 1 unspecified atom stereocenters. The van der Waals surface area contributed by atoms with Gasteiger partial charge in [0.15, 0.2) is 5.78 Å². The summed E-state index contributed by atoms with van der Waals surface area (Å²) in [6, 6.07) is 4.92. The Kier molecular flexibility index (Phi) is 7.91. The highest BCUT2D eigenvalue weighted by Crippen LogP contribution is 2.23. The zero-order valence-electron chi connectivity index (χ0n) is 14.0. The lowest BCUT2D eigenvalue weighted by atomic mass is 10.0. The summed E-state index contributed by atoms with van der Waals surface area (Å²) in [7, 11) is 0. The zero-order chi connectivity index (χ0) is 16.5. The summed E-state index contributed by atoms with van der Waals surface area (Å²) in [4.78, 5) is 12.3. The van der Waals surface area contributed by atoms with Crippen LogP contribution in [0.3, 0.4) is 0 Å². The first-order valence-corrected chi connectivity index (χ1v) is 7.87. The molecule has 0 amide bonds. The first kappa shape index (κ1) is 18.5. The topological polar surface area (TPSA) is 73.6 Å². The Morgan fingerprint density at radius 1 is 1.32 bits per heavy atom. The van der Waals surface area contributed by atoms with Crippen LogP contribution in [-0.4, -0.2) is 37.7 Å². The van der Waals surface area contributed by atoms with Crippen LogP contribution in [0, 0.1) is 0 Å². The van der Waals surface area contributed by atoms with Crippen molar-refractivity contribution in [2.45, 2.75) is 46.3 Å². The minimum absolute atomic E-state index is 0.0273. The van der Waals surface area contributed by atoms with Crippen LogP contribution in [0.4, 0.5) is 5.69 Å². The van der Waals surface area contributed by atoms with Gasteiger partial charge in [-0.1, -0.05) is 0 Å². The van der Waals surface area contributed by atoms with Gasteiger partial charge in [0.1, 0.15) is 5.75 Å². The number of nitrogens with two attached hydrogens (primary N) is 1. The van der Waals surface area contributed by atoms with Crippen LogP contribution >= 0.6 is 0 Å². The summed E-state index contributed by atoms with van der Waals surface area (Å²) in [6.07, 6.45) is 1.12. The Labute approximate surface area is 133 Å². The van der Waals surface area contributed by atoms with Crippen molar-refractivity contribution in [3.63, 3.8) is 0 Å². The van der Waals surface area contributed by atoms with Crippen molar-refractivity contribution in [2.24, 2.45) is 0 Å². The molecule has 0 saturated carbocycles. The lowest BCUT2D eigenvalue weighted by Gasteiger charge is -2.14. The SMILES string of the molecule is CCOc1ccc(C(=O)C(C)NCCCOC(C)C)cc1N. The largest absolute Gasteiger partial charge is 0.492 e. The maximum atomic E-state index is 12.3. The van der Waals surface area contributed by atoms with Gasteiger partial charge in [0.25, 0.3) is 0 Å². The molecule has 1 rings (SSSR count). The van der Waals surface area contributed by atoms with Gasteiger partial charge in [-0.2, -0.15) is 0 Å². The molecule has 1 aromatic rings. The van der Waals surface area contributed by atoms with Gasteiger partial charge in [-0.15, -0.1) is 0 Å². The van der Waals surface area contributed by atoms with Crippen molar-refractivity contribution in [3.8, 4) is 5.75 Å². The predicted molar refractivity (Wildman–Crippen MR) is 89.5 cm³/mol. The molecule has 124 valence electrons. The third kappa shape index (κ3) is 6.03. The van der Waals surface area contributed by atoms with E-state index in [9.17, 15) is 4.79 Å². The number of anilines is 1. The van der Waals surface area contributed by atoms with Crippen LogP contribution in [0.1, 0.15) is 44.5 Å². The molecule has 0 aromatic heterocycles. The normalized spacial score (nSPS) is 12.4. The third-order valence-corrected chi connectivity index (χ3v) is 3.21. The number of nitrogens with one attached hydrogen (secondary N) is 1. The highest BCUT2D eigenvalue weighted by Gasteiger charge is 2.15. The van der Waals surface area contributed by atoms with Crippen molar-refractivity contribution < 1.29 is 14.3 Å². The van der Waals surface area contributed by atoms with Gasteiger partial charge >= 0.3 is 0 Å². The quantitative estimate of drug-likeness (QED) is 0.395. The molecule has 5 heteroatoms. The molecule has 0 aliphatic heterocycles. The van der Waals surface area contributed by atoms with Crippen molar-refractivity contribution in [2.75, 3.05) is 25.5 Å². The first-order valence-electron chi connectivity index (χ1n) is 7.87. The van der Waals surface area contributed by atoms with E-state index < -0.39 is 0 Å². The Morgan fingerprint density at radius 3 is 2.64 bits per heavy atom. The summed E-state index contributed by atoms with van der Waals surface area (Å²) in [5, 5.41) is 3.21. The van der Waals surface area contributed by atoms with Crippen LogP contribution in [0.5, 0.6) is 5.75 Å². The number of rotatable bonds is 10. The molecule has 0 aliphatic rings. The standard InChI is InChI=1S/C17H28N2O3/c1-5-21-16-8-7-14(11-15(16)18)17(20)13(4)19-9-6-10-22-12(2)3/h7-8,11-13,19H,5-6,9-10,18H2,1-4H3. The van der Waals surface area contributed by atoms with E-state index in [1.54, 1.807) is 18.2 Å². The van der Waals surface area contributed by atoms with Gasteiger partial charge in [-0.25, -0.2) is 0 Å². The molecule has 1 aromatic carbocycles. The van der Waals surface area contributed by atoms with Gasteiger partial charge in [0, 0.05) is 12.2 Å². The number of hydrogen-bond donors (Lipinski definition) is 2. The molecular weight excluding hydrogens is 280 g/mol. The van der Waals surface area contributed by atoms with E-state index in [-0.39, 0.29) is 17.9 Å². The van der Waals surface area contributed by atoms with E-state index in [4.69, 9.17) is 15.2 Å². The van der Waals surface area contributed by atoms with Crippen molar-refractivity contribution in [1.29, 1.82) is 0 Å². The van der Waals surface area contributed by atoms with Crippen LogP contribution in [0.2, 0.25) is 0 Å². The van der Waals surface area contributed by atoms with Crippen molar-refractivity contribution in [3.05, 3.63) is 23.8 Å². The average molecular weight is 308 g/mol. The summed E-state index contributed by atoms with van der Waals surface area (Å²) in [5.74, 6) is 0.644. The zero-order valence-corrected chi connectivity index (χ0v) is 14.0. The van der Waals surface area contributed by atoms with Crippen LogP contribution in [0.15, 0.2) is 18.2 Å². The second kappa shape index (κ2) is 9.43. The van der Waals surface area contributed by atoms with Crippen LogP contribution in [0.25, 0.3) is 0 Å².